The molecule has 41 heavy (non-hydrogen) atoms. The van der Waals surface area contributed by atoms with E-state index in [9.17, 15) is 22.6 Å². The van der Waals surface area contributed by atoms with Crippen LogP contribution in [0.4, 0.5) is 23.7 Å². The first kappa shape index (κ1) is 30.2. The van der Waals surface area contributed by atoms with E-state index in [0.29, 0.717) is 6.42 Å². The molecule has 0 spiro atoms. The lowest BCUT2D eigenvalue weighted by Gasteiger charge is -2.45. The van der Waals surface area contributed by atoms with Gasteiger partial charge in [0.25, 0.3) is 5.91 Å². The van der Waals surface area contributed by atoms with Gasteiger partial charge >= 0.3 is 12.7 Å². The molecule has 1 unspecified atom stereocenters. The maximum Gasteiger partial charge on any atom is 0.413 e. The van der Waals surface area contributed by atoms with Crippen LogP contribution in [0.15, 0.2) is 39.9 Å². The fraction of sp³-hybridized carbons (Fsp3) is 0.500. The summed E-state index contributed by atoms with van der Waals surface area (Å²) in [6, 6.07) is 3.81. The van der Waals surface area contributed by atoms with Crippen molar-refractivity contribution in [2.24, 2.45) is 9.36 Å². The second-order valence-electron chi connectivity index (χ2n) is 11.2. The number of ether oxygens (including phenoxy) is 2. The average molecular weight is 597 g/mol. The van der Waals surface area contributed by atoms with Gasteiger partial charge in [-0.05, 0) is 66.2 Å². The molecule has 0 bridgehead atoms. The molecule has 11 nitrogen and oxygen atoms in total. The first-order valence-electron chi connectivity index (χ1n) is 12.7. The fourth-order valence-electron chi connectivity index (χ4n) is 4.83. The number of alkyl carbamates (subject to hydrolysis) is 1. The second kappa shape index (κ2) is 10.6. The maximum atomic E-state index is 15.5. The number of hydrogen-bond acceptors (Lipinski definition) is 9. The standard InChI is InChI=1S/C26H31F3N6O5S/c1-24(2,3)40-23(37)34-21-25(4,5)41(38)18(9-10-32-41)26(6,35-21)15-11-14(7-8-16(15)27)33-20(36)17-12-31-19(13-30-17)39-22(28)29/h7-8,11-13,18,22H,9-10H2,1-6H3,(H,33,36)(H,34,35,37)/t18-,26+,41?/m0/s1. The molecule has 2 amide bonds. The number of anilines is 1. The molecule has 3 atom stereocenters. The first-order chi connectivity index (χ1) is 19.0. The Labute approximate surface area is 235 Å². The highest BCUT2D eigenvalue weighted by atomic mass is 32.2. The van der Waals surface area contributed by atoms with Crippen molar-refractivity contribution in [2.45, 2.75) is 75.7 Å². The summed E-state index contributed by atoms with van der Waals surface area (Å²) in [6.45, 7) is 7.19. The third kappa shape index (κ3) is 5.85. The molecule has 4 rings (SSSR count). The second-order valence-corrected chi connectivity index (χ2v) is 14.2. The van der Waals surface area contributed by atoms with Crippen LogP contribution in [0.1, 0.15) is 64.0 Å². The van der Waals surface area contributed by atoms with Crippen LogP contribution in [-0.4, -0.2) is 60.8 Å². The Kier molecular flexibility index (Phi) is 7.80. The molecule has 0 fully saturated rings. The lowest BCUT2D eigenvalue weighted by Crippen LogP contribution is -2.60. The Morgan fingerprint density at radius 2 is 1.83 bits per heavy atom. The number of aliphatic imine (C=N–C) groups is 1. The van der Waals surface area contributed by atoms with E-state index in [-0.39, 0.29) is 29.3 Å². The van der Waals surface area contributed by atoms with E-state index >= 15 is 4.39 Å². The number of alkyl halides is 2. The first-order valence-corrected chi connectivity index (χ1v) is 14.2. The zero-order valence-electron chi connectivity index (χ0n) is 23.3. The number of carbonyl (C=O) groups excluding carboxylic acids is 2. The molecule has 3 heterocycles. The van der Waals surface area contributed by atoms with Crippen molar-refractivity contribution in [3.05, 3.63) is 47.7 Å². The van der Waals surface area contributed by atoms with Gasteiger partial charge in [-0.15, -0.1) is 0 Å². The SMILES string of the molecule is CC(C)(C)OC(=O)NC1=N[C@](C)(c2cc(NC(=O)c3cnc(OC(F)F)cn3)ccc2F)[C@@H]2CCN=S2(=O)C1(C)C. The number of carbonyl (C=O) groups is 2. The van der Waals surface area contributed by atoms with Gasteiger partial charge in [-0.1, -0.05) is 0 Å². The minimum Gasteiger partial charge on any atom is -0.444 e. The summed E-state index contributed by atoms with van der Waals surface area (Å²) in [7, 11) is -3.09. The zero-order valence-corrected chi connectivity index (χ0v) is 24.1. The topological polar surface area (TPSA) is 144 Å². The fourth-order valence-corrected chi connectivity index (χ4v) is 8.02. The van der Waals surface area contributed by atoms with E-state index in [0.717, 1.165) is 18.5 Å². The summed E-state index contributed by atoms with van der Waals surface area (Å²) in [5, 5.41) is 4.48. The van der Waals surface area contributed by atoms with Gasteiger partial charge in [-0.3, -0.25) is 15.1 Å². The van der Waals surface area contributed by atoms with Crippen molar-refractivity contribution in [2.75, 3.05) is 11.9 Å². The third-order valence-corrected chi connectivity index (χ3v) is 10.5. The van der Waals surface area contributed by atoms with Gasteiger partial charge in [-0.2, -0.15) is 8.78 Å². The number of halogens is 3. The number of nitrogens with zero attached hydrogens (tertiary/aromatic N) is 4. The smallest absolute Gasteiger partial charge is 0.413 e. The van der Waals surface area contributed by atoms with Crippen molar-refractivity contribution in [3.8, 4) is 5.88 Å². The molecule has 2 N–H and O–H groups in total. The van der Waals surface area contributed by atoms with E-state index < -0.39 is 61.2 Å². The van der Waals surface area contributed by atoms with Crippen molar-refractivity contribution < 1.29 is 36.4 Å². The zero-order chi connectivity index (χ0) is 30.4. The Hall–Kier alpha value is -3.75. The minimum atomic E-state index is -3.10. The van der Waals surface area contributed by atoms with Crippen LogP contribution in [0.5, 0.6) is 5.88 Å². The minimum absolute atomic E-state index is 0.0240. The largest absolute Gasteiger partial charge is 0.444 e. The summed E-state index contributed by atoms with van der Waals surface area (Å²) in [6.07, 6.45) is 1.38. The lowest BCUT2D eigenvalue weighted by atomic mass is 9.85. The summed E-state index contributed by atoms with van der Waals surface area (Å²) >= 11 is 0. The van der Waals surface area contributed by atoms with Crippen LogP contribution in [0.25, 0.3) is 0 Å². The van der Waals surface area contributed by atoms with Gasteiger partial charge in [0.15, 0.2) is 0 Å². The summed E-state index contributed by atoms with van der Waals surface area (Å²) < 4.78 is 67.4. The monoisotopic (exact) mass is 596 g/mol. The van der Waals surface area contributed by atoms with E-state index in [2.05, 4.69) is 29.7 Å². The molecular formula is C26H31F3N6O5S. The number of aromatic nitrogens is 2. The number of benzene rings is 1. The molecule has 1 aromatic heterocycles. The molecule has 2 aromatic rings. The quantitative estimate of drug-likeness (QED) is 0.512. The lowest BCUT2D eigenvalue weighted by molar-refractivity contribution is -0.0531. The molecule has 0 radical (unpaired) electrons. The molecule has 222 valence electrons. The molecule has 0 saturated carbocycles. The molecule has 2 aliphatic rings. The Bertz CT molecular complexity index is 1520. The van der Waals surface area contributed by atoms with Gasteiger partial charge in [0, 0.05) is 17.8 Å². The van der Waals surface area contributed by atoms with Crippen molar-refractivity contribution >= 4 is 33.3 Å². The Balaban J connectivity index is 1.71. The number of fused-ring (bicyclic) bond motifs is 1. The number of amides is 2. The van der Waals surface area contributed by atoms with Gasteiger partial charge in [0.1, 0.15) is 33.2 Å². The normalized spacial score (nSPS) is 25.0. The number of rotatable bonds is 5. The van der Waals surface area contributed by atoms with Crippen LogP contribution >= 0.6 is 0 Å². The van der Waals surface area contributed by atoms with Crippen LogP contribution in [0.3, 0.4) is 0 Å². The van der Waals surface area contributed by atoms with Gasteiger partial charge in [0.2, 0.25) is 5.88 Å². The molecule has 2 aliphatic heterocycles. The molecule has 0 saturated heterocycles. The van der Waals surface area contributed by atoms with Crippen molar-refractivity contribution in [3.63, 3.8) is 0 Å². The van der Waals surface area contributed by atoms with Crippen LogP contribution < -0.4 is 15.4 Å². The highest BCUT2D eigenvalue weighted by molar-refractivity contribution is 7.96. The highest BCUT2D eigenvalue weighted by Gasteiger charge is 2.57. The summed E-state index contributed by atoms with van der Waals surface area (Å²) in [5.41, 5.74) is -2.28. The van der Waals surface area contributed by atoms with Crippen LogP contribution in [0, 0.1) is 5.82 Å². The number of hydrogen-bond donors (Lipinski definition) is 2. The van der Waals surface area contributed by atoms with Crippen LogP contribution in [0.2, 0.25) is 0 Å². The molecule has 15 heteroatoms. The highest BCUT2D eigenvalue weighted by Crippen LogP contribution is 2.48. The predicted molar refractivity (Wildman–Crippen MR) is 145 cm³/mol. The third-order valence-electron chi connectivity index (χ3n) is 6.79. The van der Waals surface area contributed by atoms with E-state index in [4.69, 9.17) is 9.73 Å². The molecule has 1 aromatic carbocycles. The van der Waals surface area contributed by atoms with E-state index in [1.807, 2.05) is 0 Å². The number of nitrogens with one attached hydrogen (secondary N) is 2. The van der Waals surface area contributed by atoms with Gasteiger partial charge in [0.05, 0.1) is 27.4 Å². The van der Waals surface area contributed by atoms with Crippen LogP contribution in [-0.2, 0) is 20.0 Å². The Morgan fingerprint density at radius 1 is 1.12 bits per heavy atom. The summed E-state index contributed by atoms with van der Waals surface area (Å²) in [4.78, 5) is 37.6. The Morgan fingerprint density at radius 3 is 2.44 bits per heavy atom. The maximum absolute atomic E-state index is 15.5. The summed E-state index contributed by atoms with van der Waals surface area (Å²) in [5.74, 6) is -1.85. The predicted octanol–water partition coefficient (Wildman–Crippen LogP) is 4.64. The van der Waals surface area contributed by atoms with Crippen molar-refractivity contribution in [1.29, 1.82) is 0 Å². The number of amidine groups is 1. The van der Waals surface area contributed by atoms with Gasteiger partial charge in [-0.25, -0.2) is 27.7 Å². The van der Waals surface area contributed by atoms with Gasteiger partial charge < -0.3 is 14.8 Å². The van der Waals surface area contributed by atoms with E-state index in [1.54, 1.807) is 41.5 Å². The molecule has 0 aliphatic carbocycles. The van der Waals surface area contributed by atoms with Crippen molar-refractivity contribution in [1.82, 2.24) is 15.3 Å². The molecular weight excluding hydrogens is 565 g/mol. The van der Waals surface area contributed by atoms with E-state index in [1.165, 1.54) is 12.1 Å². The average Bonchev–Trinajstić information content (AvgIpc) is 3.27.